The molecule has 0 aliphatic carbocycles. The van der Waals surface area contributed by atoms with Crippen LogP contribution in [-0.2, 0) is 13.0 Å². The van der Waals surface area contributed by atoms with Crippen molar-refractivity contribution >= 4 is 27.3 Å². The number of thiazole rings is 1. The average Bonchev–Trinajstić information content (AvgIpc) is 2.81. The largest absolute Gasteiger partial charge is 0.262 e. The van der Waals surface area contributed by atoms with Crippen molar-refractivity contribution in [2.45, 2.75) is 33.7 Å². The molecule has 0 bridgehead atoms. The lowest BCUT2D eigenvalue weighted by molar-refractivity contribution is 0.647. The highest BCUT2D eigenvalue weighted by atomic mass is 79.9. The smallest absolute Gasteiger partial charge is 0.0926 e. The molecule has 2 rings (SSSR count). The van der Waals surface area contributed by atoms with Crippen molar-refractivity contribution in [2.75, 3.05) is 0 Å². The molecule has 0 N–H and O–H groups in total. The predicted molar refractivity (Wildman–Crippen MR) is 70.0 cm³/mol. The van der Waals surface area contributed by atoms with Crippen LogP contribution in [0.2, 0.25) is 0 Å². The van der Waals surface area contributed by atoms with Crippen LogP contribution in [0.3, 0.4) is 0 Å². The van der Waals surface area contributed by atoms with E-state index >= 15 is 0 Å². The van der Waals surface area contributed by atoms with Crippen LogP contribution in [-0.4, -0.2) is 14.8 Å². The number of hydrogen-bond acceptors (Lipinski definition) is 3. The minimum absolute atomic E-state index is 0.759. The molecule has 3 nitrogen and oxygen atoms in total. The molecule has 16 heavy (non-hydrogen) atoms. The van der Waals surface area contributed by atoms with Crippen LogP contribution < -0.4 is 0 Å². The molecule has 0 saturated heterocycles. The maximum atomic E-state index is 4.55. The Labute approximate surface area is 108 Å². The first-order chi connectivity index (χ1) is 7.61. The highest BCUT2D eigenvalue weighted by Crippen LogP contribution is 2.21. The van der Waals surface area contributed by atoms with Gasteiger partial charge in [0.2, 0.25) is 0 Å². The zero-order valence-electron chi connectivity index (χ0n) is 9.62. The van der Waals surface area contributed by atoms with Crippen LogP contribution >= 0.6 is 27.3 Å². The lowest BCUT2D eigenvalue weighted by atomic mass is 10.4. The minimum atomic E-state index is 0.759. The lowest BCUT2D eigenvalue weighted by Gasteiger charge is -2.00. The van der Waals surface area contributed by atoms with Gasteiger partial charge in [0.15, 0.2) is 0 Å². The predicted octanol–water partition coefficient (Wildman–Crippen LogP) is 3.33. The molecule has 2 heterocycles. The third kappa shape index (κ3) is 2.20. The summed E-state index contributed by atoms with van der Waals surface area (Å²) in [4.78, 5) is 4.55. The molecule has 0 atom stereocenters. The molecule has 0 aliphatic rings. The van der Waals surface area contributed by atoms with E-state index in [0.717, 1.165) is 34.5 Å². The Morgan fingerprint density at radius 3 is 2.69 bits per heavy atom. The Bertz CT molecular complexity index is 501. The van der Waals surface area contributed by atoms with Gasteiger partial charge in [0, 0.05) is 5.38 Å². The van der Waals surface area contributed by atoms with Crippen molar-refractivity contribution < 1.29 is 0 Å². The molecular weight excluding hydrogens is 286 g/mol. The molecular formula is C11H14BrN3S. The lowest BCUT2D eigenvalue weighted by Crippen LogP contribution is -2.04. The Morgan fingerprint density at radius 2 is 2.19 bits per heavy atom. The second-order valence-electron chi connectivity index (χ2n) is 3.73. The normalized spacial score (nSPS) is 11.0. The van der Waals surface area contributed by atoms with Crippen LogP contribution in [0.1, 0.15) is 29.0 Å². The number of halogens is 1. The number of aryl methyl sites for hydroxylation is 2. The molecule has 0 aromatic carbocycles. The second-order valence-corrected chi connectivity index (χ2v) is 5.46. The van der Waals surface area contributed by atoms with E-state index in [9.17, 15) is 0 Å². The maximum absolute atomic E-state index is 4.55. The standard InChI is InChI=1S/C11H14BrN3S/c1-4-10-13-9(6-16-10)5-15-8(3)11(12)7(2)14-15/h6H,4-5H2,1-3H3. The molecule has 0 unspecified atom stereocenters. The molecule has 0 amide bonds. The van der Waals surface area contributed by atoms with Gasteiger partial charge in [0.25, 0.3) is 0 Å². The molecule has 0 fully saturated rings. The summed E-state index contributed by atoms with van der Waals surface area (Å²) in [6.45, 7) is 6.96. The van der Waals surface area contributed by atoms with Gasteiger partial charge in [0.05, 0.1) is 33.1 Å². The molecule has 0 saturated carbocycles. The monoisotopic (exact) mass is 299 g/mol. The van der Waals surface area contributed by atoms with Gasteiger partial charge < -0.3 is 0 Å². The summed E-state index contributed by atoms with van der Waals surface area (Å²) >= 11 is 5.25. The van der Waals surface area contributed by atoms with Crippen LogP contribution in [0.15, 0.2) is 9.85 Å². The molecule has 2 aromatic heterocycles. The van der Waals surface area contributed by atoms with Gasteiger partial charge in [-0.25, -0.2) is 4.98 Å². The Hall–Kier alpha value is -0.680. The Kier molecular flexibility index (Phi) is 3.44. The third-order valence-corrected chi connectivity index (χ3v) is 4.70. The zero-order chi connectivity index (χ0) is 11.7. The van der Waals surface area contributed by atoms with Crippen molar-refractivity contribution in [1.29, 1.82) is 0 Å². The minimum Gasteiger partial charge on any atom is -0.262 e. The van der Waals surface area contributed by atoms with E-state index < -0.39 is 0 Å². The Balaban J connectivity index is 2.23. The maximum Gasteiger partial charge on any atom is 0.0926 e. The summed E-state index contributed by atoms with van der Waals surface area (Å²) in [6, 6.07) is 0. The second kappa shape index (κ2) is 4.67. The molecule has 2 aromatic rings. The van der Waals surface area contributed by atoms with Gasteiger partial charge in [0.1, 0.15) is 0 Å². The van der Waals surface area contributed by atoms with Crippen molar-refractivity contribution in [1.82, 2.24) is 14.8 Å². The quantitative estimate of drug-likeness (QED) is 0.870. The van der Waals surface area contributed by atoms with Crippen molar-refractivity contribution in [2.24, 2.45) is 0 Å². The van der Waals surface area contributed by atoms with E-state index in [2.05, 4.69) is 45.2 Å². The number of rotatable bonds is 3. The molecule has 0 aliphatic heterocycles. The van der Waals surface area contributed by atoms with Gasteiger partial charge in [-0.05, 0) is 36.2 Å². The Morgan fingerprint density at radius 1 is 1.44 bits per heavy atom. The summed E-state index contributed by atoms with van der Waals surface area (Å²) in [5.74, 6) is 0. The van der Waals surface area contributed by atoms with E-state index in [1.807, 2.05) is 11.6 Å². The number of hydrogen-bond donors (Lipinski definition) is 0. The van der Waals surface area contributed by atoms with Crippen LogP contribution in [0, 0.1) is 13.8 Å². The van der Waals surface area contributed by atoms with Crippen LogP contribution in [0.4, 0.5) is 0 Å². The first-order valence-corrected chi connectivity index (χ1v) is 6.92. The fourth-order valence-corrected chi connectivity index (χ4v) is 2.59. The highest BCUT2D eigenvalue weighted by Gasteiger charge is 2.10. The van der Waals surface area contributed by atoms with Gasteiger partial charge in [-0.2, -0.15) is 5.10 Å². The van der Waals surface area contributed by atoms with E-state index in [1.54, 1.807) is 11.3 Å². The number of nitrogens with zero attached hydrogens (tertiary/aromatic N) is 3. The topological polar surface area (TPSA) is 30.7 Å². The fraction of sp³-hybridized carbons (Fsp3) is 0.455. The summed E-state index contributed by atoms with van der Waals surface area (Å²) in [5.41, 5.74) is 3.28. The third-order valence-electron chi connectivity index (χ3n) is 2.51. The molecule has 5 heteroatoms. The van der Waals surface area contributed by atoms with Gasteiger partial charge >= 0.3 is 0 Å². The van der Waals surface area contributed by atoms with Gasteiger partial charge in [-0.15, -0.1) is 11.3 Å². The SMILES string of the molecule is CCc1nc(Cn2nc(C)c(Br)c2C)cs1. The van der Waals surface area contributed by atoms with Gasteiger partial charge in [-0.1, -0.05) is 6.92 Å². The molecule has 86 valence electrons. The molecule has 0 spiro atoms. The van der Waals surface area contributed by atoms with Gasteiger partial charge in [-0.3, -0.25) is 4.68 Å². The highest BCUT2D eigenvalue weighted by molar-refractivity contribution is 9.10. The summed E-state index contributed by atoms with van der Waals surface area (Å²) in [6.07, 6.45) is 1.01. The van der Waals surface area contributed by atoms with Crippen molar-refractivity contribution in [3.8, 4) is 0 Å². The summed E-state index contributed by atoms with van der Waals surface area (Å²) in [7, 11) is 0. The summed E-state index contributed by atoms with van der Waals surface area (Å²) < 4.78 is 3.09. The molecule has 0 radical (unpaired) electrons. The van der Waals surface area contributed by atoms with E-state index in [4.69, 9.17) is 0 Å². The number of aromatic nitrogens is 3. The summed E-state index contributed by atoms with van der Waals surface area (Å²) in [5, 5.41) is 7.78. The van der Waals surface area contributed by atoms with E-state index in [-0.39, 0.29) is 0 Å². The van der Waals surface area contributed by atoms with E-state index in [1.165, 1.54) is 5.01 Å². The van der Waals surface area contributed by atoms with Crippen LogP contribution in [0.25, 0.3) is 0 Å². The van der Waals surface area contributed by atoms with Crippen molar-refractivity contribution in [3.05, 3.63) is 31.9 Å². The van der Waals surface area contributed by atoms with E-state index in [0.29, 0.717) is 0 Å². The first-order valence-electron chi connectivity index (χ1n) is 5.24. The van der Waals surface area contributed by atoms with Crippen molar-refractivity contribution in [3.63, 3.8) is 0 Å². The van der Waals surface area contributed by atoms with Crippen LogP contribution in [0.5, 0.6) is 0 Å². The zero-order valence-corrected chi connectivity index (χ0v) is 12.0. The average molecular weight is 300 g/mol. The fourth-order valence-electron chi connectivity index (χ4n) is 1.57. The first kappa shape index (κ1) is 11.8.